The molecule has 0 spiro atoms. The molecule has 2 heterocycles. The second kappa shape index (κ2) is 5.02. The maximum Gasteiger partial charge on any atom is 0.138 e. The van der Waals surface area contributed by atoms with E-state index in [0.717, 1.165) is 37.4 Å². The van der Waals surface area contributed by atoms with E-state index in [2.05, 4.69) is 17.2 Å². The summed E-state index contributed by atoms with van der Waals surface area (Å²) in [6, 6.07) is 3.51. The van der Waals surface area contributed by atoms with Crippen molar-refractivity contribution in [3.05, 3.63) is 23.5 Å². The normalized spacial score (nSPS) is 19.2. The van der Waals surface area contributed by atoms with Gasteiger partial charge in [0, 0.05) is 31.0 Å². The number of hydrogen-bond acceptors (Lipinski definition) is 4. The molecule has 1 aromatic rings. The first-order valence-electron chi connectivity index (χ1n) is 6.07. The maximum atomic E-state index is 9.72. The molecule has 0 atom stereocenters. The zero-order chi connectivity index (χ0) is 12.3. The Morgan fingerprint density at radius 2 is 2.12 bits per heavy atom. The number of aromatic nitrogens is 1. The molecule has 0 aromatic carbocycles. The van der Waals surface area contributed by atoms with Crippen molar-refractivity contribution in [2.45, 2.75) is 38.8 Å². The van der Waals surface area contributed by atoms with Crippen molar-refractivity contribution < 1.29 is 9.84 Å². The summed E-state index contributed by atoms with van der Waals surface area (Å²) in [6.45, 7) is 6.33. The molecule has 2 N–H and O–H groups in total. The van der Waals surface area contributed by atoms with Crippen LogP contribution in [0.25, 0.3) is 0 Å². The van der Waals surface area contributed by atoms with Crippen LogP contribution in [0.4, 0.5) is 0 Å². The van der Waals surface area contributed by atoms with Crippen molar-refractivity contribution in [1.29, 1.82) is 0 Å². The average molecular weight is 236 g/mol. The number of aromatic hydroxyl groups is 1. The summed E-state index contributed by atoms with van der Waals surface area (Å²) < 4.78 is 5.35. The first-order chi connectivity index (χ1) is 8.09. The van der Waals surface area contributed by atoms with E-state index in [0.29, 0.717) is 6.54 Å². The minimum absolute atomic E-state index is 0.0934. The van der Waals surface area contributed by atoms with Gasteiger partial charge in [-0.25, -0.2) is 0 Å². The fourth-order valence-electron chi connectivity index (χ4n) is 2.03. The highest BCUT2D eigenvalue weighted by Crippen LogP contribution is 2.21. The van der Waals surface area contributed by atoms with Crippen molar-refractivity contribution in [2.24, 2.45) is 0 Å². The van der Waals surface area contributed by atoms with Crippen LogP contribution in [-0.4, -0.2) is 28.8 Å². The third-order valence-electron chi connectivity index (χ3n) is 3.37. The molecule has 4 heteroatoms. The van der Waals surface area contributed by atoms with Gasteiger partial charge in [0.2, 0.25) is 0 Å². The summed E-state index contributed by atoms with van der Waals surface area (Å²) in [7, 11) is 0. The van der Waals surface area contributed by atoms with Gasteiger partial charge < -0.3 is 15.2 Å². The first-order valence-corrected chi connectivity index (χ1v) is 6.07. The van der Waals surface area contributed by atoms with Crippen LogP contribution in [0.3, 0.4) is 0 Å². The topological polar surface area (TPSA) is 54.4 Å². The SMILES string of the molecule is Cc1ccc(O)c(CNC2(C)CCOCC2)n1. The van der Waals surface area contributed by atoms with Crippen LogP contribution < -0.4 is 5.32 Å². The monoisotopic (exact) mass is 236 g/mol. The molecule has 0 bridgehead atoms. The summed E-state index contributed by atoms with van der Waals surface area (Å²) in [5.74, 6) is 0.263. The number of aryl methyl sites for hydroxylation is 1. The van der Waals surface area contributed by atoms with E-state index in [1.807, 2.05) is 13.0 Å². The summed E-state index contributed by atoms with van der Waals surface area (Å²) in [4.78, 5) is 4.34. The Bertz CT molecular complexity index is 387. The molecule has 1 saturated heterocycles. The van der Waals surface area contributed by atoms with E-state index in [-0.39, 0.29) is 11.3 Å². The molecular formula is C13H20N2O2. The number of nitrogens with one attached hydrogen (secondary N) is 1. The molecule has 1 aliphatic rings. The minimum Gasteiger partial charge on any atom is -0.506 e. The number of pyridine rings is 1. The molecule has 94 valence electrons. The fraction of sp³-hybridized carbons (Fsp3) is 0.615. The molecular weight excluding hydrogens is 216 g/mol. The van der Waals surface area contributed by atoms with Gasteiger partial charge in [-0.3, -0.25) is 4.98 Å². The van der Waals surface area contributed by atoms with E-state index in [9.17, 15) is 5.11 Å². The largest absolute Gasteiger partial charge is 0.506 e. The van der Waals surface area contributed by atoms with E-state index in [1.165, 1.54) is 0 Å². The molecule has 4 nitrogen and oxygen atoms in total. The smallest absolute Gasteiger partial charge is 0.138 e. The maximum absolute atomic E-state index is 9.72. The lowest BCUT2D eigenvalue weighted by Gasteiger charge is -2.34. The van der Waals surface area contributed by atoms with Gasteiger partial charge in [-0.05, 0) is 38.8 Å². The zero-order valence-corrected chi connectivity index (χ0v) is 10.5. The fourth-order valence-corrected chi connectivity index (χ4v) is 2.03. The van der Waals surface area contributed by atoms with Gasteiger partial charge in [-0.1, -0.05) is 0 Å². The second-order valence-electron chi connectivity index (χ2n) is 4.95. The molecule has 1 fully saturated rings. The molecule has 0 radical (unpaired) electrons. The van der Waals surface area contributed by atoms with Crippen LogP contribution in [0.5, 0.6) is 5.75 Å². The van der Waals surface area contributed by atoms with Crippen LogP contribution in [0.2, 0.25) is 0 Å². The minimum atomic E-state index is 0.0934. The third kappa shape index (κ3) is 3.17. The van der Waals surface area contributed by atoms with Crippen LogP contribution in [-0.2, 0) is 11.3 Å². The second-order valence-corrected chi connectivity index (χ2v) is 4.95. The van der Waals surface area contributed by atoms with Gasteiger partial charge in [0.05, 0.1) is 5.69 Å². The lowest BCUT2D eigenvalue weighted by Crippen LogP contribution is -2.46. The summed E-state index contributed by atoms with van der Waals surface area (Å²) >= 11 is 0. The van der Waals surface area contributed by atoms with Crippen LogP contribution in [0, 0.1) is 6.92 Å². The molecule has 17 heavy (non-hydrogen) atoms. The molecule has 0 amide bonds. The van der Waals surface area contributed by atoms with Crippen molar-refractivity contribution in [1.82, 2.24) is 10.3 Å². The molecule has 0 unspecified atom stereocenters. The summed E-state index contributed by atoms with van der Waals surface area (Å²) in [6.07, 6.45) is 2.00. The standard InChI is InChI=1S/C13H20N2O2/c1-10-3-4-12(16)11(15-10)9-14-13(2)5-7-17-8-6-13/h3-4,14,16H,5-9H2,1-2H3. The first kappa shape index (κ1) is 12.3. The van der Waals surface area contributed by atoms with Crippen LogP contribution >= 0.6 is 0 Å². The highest BCUT2D eigenvalue weighted by molar-refractivity contribution is 5.27. The van der Waals surface area contributed by atoms with Gasteiger partial charge in [-0.2, -0.15) is 0 Å². The number of nitrogens with zero attached hydrogens (tertiary/aromatic N) is 1. The third-order valence-corrected chi connectivity index (χ3v) is 3.37. The van der Waals surface area contributed by atoms with Crippen molar-refractivity contribution >= 4 is 0 Å². The van der Waals surface area contributed by atoms with Gasteiger partial charge >= 0.3 is 0 Å². The van der Waals surface area contributed by atoms with Gasteiger partial charge in [0.1, 0.15) is 5.75 Å². The number of rotatable bonds is 3. The Balaban J connectivity index is 1.99. The highest BCUT2D eigenvalue weighted by atomic mass is 16.5. The molecule has 1 aliphatic heterocycles. The Morgan fingerprint density at radius 1 is 1.41 bits per heavy atom. The molecule has 0 aliphatic carbocycles. The predicted molar refractivity (Wildman–Crippen MR) is 65.9 cm³/mol. The van der Waals surface area contributed by atoms with E-state index in [1.54, 1.807) is 6.07 Å². The summed E-state index contributed by atoms with van der Waals surface area (Å²) in [5, 5.41) is 13.2. The lowest BCUT2D eigenvalue weighted by atomic mass is 9.92. The molecule has 2 rings (SSSR count). The number of hydrogen-bond donors (Lipinski definition) is 2. The van der Waals surface area contributed by atoms with Crippen LogP contribution in [0.15, 0.2) is 12.1 Å². The van der Waals surface area contributed by atoms with Gasteiger partial charge in [-0.15, -0.1) is 0 Å². The Labute approximate surface area is 102 Å². The van der Waals surface area contributed by atoms with Gasteiger partial charge in [0.15, 0.2) is 0 Å². The van der Waals surface area contributed by atoms with Crippen LogP contribution in [0.1, 0.15) is 31.2 Å². The Kier molecular flexibility index (Phi) is 3.64. The van der Waals surface area contributed by atoms with Gasteiger partial charge in [0.25, 0.3) is 0 Å². The van der Waals surface area contributed by atoms with E-state index >= 15 is 0 Å². The molecule has 0 saturated carbocycles. The zero-order valence-electron chi connectivity index (χ0n) is 10.5. The van der Waals surface area contributed by atoms with Crippen molar-refractivity contribution in [3.8, 4) is 5.75 Å². The quantitative estimate of drug-likeness (QED) is 0.839. The molecule has 1 aromatic heterocycles. The average Bonchev–Trinajstić information content (AvgIpc) is 2.31. The van der Waals surface area contributed by atoms with Crippen molar-refractivity contribution in [2.75, 3.05) is 13.2 Å². The number of ether oxygens (including phenoxy) is 1. The Hall–Kier alpha value is -1.13. The lowest BCUT2D eigenvalue weighted by molar-refractivity contribution is 0.0444. The van der Waals surface area contributed by atoms with Crippen molar-refractivity contribution in [3.63, 3.8) is 0 Å². The summed E-state index contributed by atoms with van der Waals surface area (Å²) in [5.41, 5.74) is 1.74. The highest BCUT2D eigenvalue weighted by Gasteiger charge is 2.26. The van der Waals surface area contributed by atoms with E-state index < -0.39 is 0 Å². The predicted octanol–water partition coefficient (Wildman–Crippen LogP) is 1.75. The Morgan fingerprint density at radius 3 is 2.82 bits per heavy atom. The van der Waals surface area contributed by atoms with E-state index in [4.69, 9.17) is 4.74 Å².